The zero-order valence-electron chi connectivity index (χ0n) is 12.0. The molecule has 1 heterocycles. The van der Waals surface area contributed by atoms with E-state index in [0.717, 1.165) is 30.2 Å². The number of hydrogen-bond acceptors (Lipinski definition) is 4. The molecule has 0 bridgehead atoms. The molecule has 0 aliphatic carbocycles. The molecule has 0 unspecified atom stereocenters. The van der Waals surface area contributed by atoms with Gasteiger partial charge in [0.25, 0.3) is 0 Å². The van der Waals surface area contributed by atoms with Crippen molar-refractivity contribution in [1.82, 2.24) is 9.97 Å². The van der Waals surface area contributed by atoms with E-state index in [1.165, 1.54) is 6.33 Å². The highest BCUT2D eigenvalue weighted by atomic mass is 19.1. The minimum atomic E-state index is -0.692. The molecule has 0 amide bonds. The van der Waals surface area contributed by atoms with Crippen LogP contribution < -0.4 is 10.1 Å². The first-order valence-corrected chi connectivity index (χ1v) is 6.85. The van der Waals surface area contributed by atoms with Crippen molar-refractivity contribution < 1.29 is 13.5 Å². The quantitative estimate of drug-likeness (QED) is 0.876. The van der Waals surface area contributed by atoms with E-state index in [2.05, 4.69) is 15.3 Å². The first-order valence-electron chi connectivity index (χ1n) is 6.85. The van der Waals surface area contributed by atoms with Crippen molar-refractivity contribution in [3.63, 3.8) is 0 Å². The third kappa shape index (κ3) is 3.87. The highest BCUT2D eigenvalue weighted by Crippen LogP contribution is 2.28. The fourth-order valence-corrected chi connectivity index (χ4v) is 1.98. The monoisotopic (exact) mass is 293 g/mol. The molecule has 1 N–H and O–H groups in total. The third-order valence-electron chi connectivity index (χ3n) is 2.80. The molecule has 4 nitrogen and oxygen atoms in total. The largest absolute Gasteiger partial charge is 0.438 e. The number of anilines is 1. The summed E-state index contributed by atoms with van der Waals surface area (Å²) in [5.74, 6) is -0.314. The number of nitrogens with one attached hydrogen (secondary N) is 1. The van der Waals surface area contributed by atoms with Gasteiger partial charge in [0.15, 0.2) is 0 Å². The van der Waals surface area contributed by atoms with Gasteiger partial charge in [-0.1, -0.05) is 13.3 Å². The Hall–Kier alpha value is -2.24. The SMILES string of the molecule is CCCc1c(NCC)ncnc1Oc1cc(F)cc(F)c1. The molecule has 0 aliphatic rings. The van der Waals surface area contributed by atoms with Crippen LogP contribution in [0.5, 0.6) is 11.6 Å². The van der Waals surface area contributed by atoms with Crippen LogP contribution in [-0.4, -0.2) is 16.5 Å². The number of rotatable bonds is 6. The van der Waals surface area contributed by atoms with Gasteiger partial charge in [0, 0.05) is 24.7 Å². The number of ether oxygens (including phenoxy) is 1. The summed E-state index contributed by atoms with van der Waals surface area (Å²) in [5.41, 5.74) is 0.798. The van der Waals surface area contributed by atoms with E-state index in [4.69, 9.17) is 4.74 Å². The average molecular weight is 293 g/mol. The van der Waals surface area contributed by atoms with Crippen LogP contribution in [0.3, 0.4) is 0 Å². The number of nitrogens with zero attached hydrogens (tertiary/aromatic N) is 2. The Bertz CT molecular complexity index is 600. The predicted molar refractivity (Wildman–Crippen MR) is 76.6 cm³/mol. The molecular weight excluding hydrogens is 276 g/mol. The normalized spacial score (nSPS) is 10.5. The lowest BCUT2D eigenvalue weighted by Crippen LogP contribution is -2.06. The summed E-state index contributed by atoms with van der Waals surface area (Å²) in [6.45, 7) is 4.69. The fourth-order valence-electron chi connectivity index (χ4n) is 1.98. The molecule has 0 aliphatic heterocycles. The first-order chi connectivity index (χ1) is 10.1. The van der Waals surface area contributed by atoms with E-state index in [1.807, 2.05) is 13.8 Å². The zero-order valence-corrected chi connectivity index (χ0v) is 12.0. The van der Waals surface area contributed by atoms with E-state index in [0.29, 0.717) is 24.7 Å². The van der Waals surface area contributed by atoms with Crippen LogP contribution >= 0.6 is 0 Å². The Labute approximate surface area is 122 Å². The van der Waals surface area contributed by atoms with Crippen LogP contribution in [0, 0.1) is 11.6 Å². The van der Waals surface area contributed by atoms with Gasteiger partial charge in [-0.2, -0.15) is 0 Å². The second-order valence-electron chi connectivity index (χ2n) is 4.49. The lowest BCUT2D eigenvalue weighted by Gasteiger charge is -2.13. The number of aromatic nitrogens is 2. The molecule has 112 valence electrons. The van der Waals surface area contributed by atoms with Gasteiger partial charge in [0.1, 0.15) is 29.5 Å². The molecule has 1 aromatic carbocycles. The predicted octanol–water partition coefficient (Wildman–Crippen LogP) is 3.93. The van der Waals surface area contributed by atoms with Gasteiger partial charge in [0.05, 0.1) is 5.56 Å². The summed E-state index contributed by atoms with van der Waals surface area (Å²) in [7, 11) is 0. The first kappa shape index (κ1) is 15.2. The summed E-state index contributed by atoms with van der Waals surface area (Å²) in [6, 6.07) is 3.03. The summed E-state index contributed by atoms with van der Waals surface area (Å²) in [6.07, 6.45) is 2.94. The van der Waals surface area contributed by atoms with Crippen molar-refractivity contribution in [2.24, 2.45) is 0 Å². The molecule has 2 rings (SSSR count). The topological polar surface area (TPSA) is 47.0 Å². The van der Waals surface area contributed by atoms with Gasteiger partial charge < -0.3 is 10.1 Å². The van der Waals surface area contributed by atoms with Gasteiger partial charge >= 0.3 is 0 Å². The van der Waals surface area contributed by atoms with Crippen molar-refractivity contribution >= 4 is 5.82 Å². The number of hydrogen-bond donors (Lipinski definition) is 1. The average Bonchev–Trinajstić information content (AvgIpc) is 2.41. The summed E-state index contributed by atoms with van der Waals surface area (Å²) >= 11 is 0. The third-order valence-corrected chi connectivity index (χ3v) is 2.80. The second kappa shape index (κ2) is 6.97. The molecule has 0 spiro atoms. The van der Waals surface area contributed by atoms with E-state index >= 15 is 0 Å². The van der Waals surface area contributed by atoms with E-state index < -0.39 is 11.6 Å². The van der Waals surface area contributed by atoms with Crippen molar-refractivity contribution in [2.45, 2.75) is 26.7 Å². The van der Waals surface area contributed by atoms with Crippen LogP contribution in [0.2, 0.25) is 0 Å². The van der Waals surface area contributed by atoms with Crippen LogP contribution in [-0.2, 0) is 6.42 Å². The Kier molecular flexibility index (Phi) is 5.03. The molecule has 1 aromatic heterocycles. The lowest BCUT2D eigenvalue weighted by molar-refractivity contribution is 0.444. The highest BCUT2D eigenvalue weighted by Gasteiger charge is 2.13. The lowest BCUT2D eigenvalue weighted by atomic mass is 10.1. The Balaban J connectivity index is 2.35. The van der Waals surface area contributed by atoms with Crippen molar-refractivity contribution in [3.05, 3.63) is 41.7 Å². The van der Waals surface area contributed by atoms with Crippen LogP contribution in [0.15, 0.2) is 24.5 Å². The minimum Gasteiger partial charge on any atom is -0.438 e. The Morgan fingerprint density at radius 2 is 1.81 bits per heavy atom. The summed E-state index contributed by atoms with van der Waals surface area (Å²) in [5, 5.41) is 3.13. The van der Waals surface area contributed by atoms with Gasteiger partial charge in [-0.3, -0.25) is 0 Å². The molecule has 0 saturated carbocycles. The minimum absolute atomic E-state index is 0.0750. The number of halogens is 2. The molecule has 0 radical (unpaired) electrons. The summed E-state index contributed by atoms with van der Waals surface area (Å²) < 4.78 is 32.0. The van der Waals surface area contributed by atoms with Gasteiger partial charge in [-0.25, -0.2) is 18.7 Å². The number of benzene rings is 1. The smallest absolute Gasteiger partial charge is 0.227 e. The molecular formula is C15H17F2N3O. The van der Waals surface area contributed by atoms with Gasteiger partial charge in [-0.15, -0.1) is 0 Å². The van der Waals surface area contributed by atoms with Crippen LogP contribution in [0.1, 0.15) is 25.8 Å². The standard InChI is InChI=1S/C15H17F2N3O/c1-3-5-13-14(18-4-2)19-9-20-15(13)21-12-7-10(16)6-11(17)8-12/h6-9H,3-5H2,1-2H3,(H,18,19,20). The molecule has 21 heavy (non-hydrogen) atoms. The summed E-state index contributed by atoms with van der Waals surface area (Å²) in [4.78, 5) is 8.25. The molecule has 0 atom stereocenters. The maximum atomic E-state index is 13.2. The van der Waals surface area contributed by atoms with Crippen molar-refractivity contribution in [1.29, 1.82) is 0 Å². The highest BCUT2D eigenvalue weighted by molar-refractivity contribution is 5.49. The second-order valence-corrected chi connectivity index (χ2v) is 4.49. The Morgan fingerprint density at radius 1 is 1.10 bits per heavy atom. The van der Waals surface area contributed by atoms with Crippen LogP contribution in [0.25, 0.3) is 0 Å². The van der Waals surface area contributed by atoms with Gasteiger partial charge in [-0.05, 0) is 13.3 Å². The Morgan fingerprint density at radius 3 is 2.43 bits per heavy atom. The fraction of sp³-hybridized carbons (Fsp3) is 0.333. The van der Waals surface area contributed by atoms with E-state index in [9.17, 15) is 8.78 Å². The van der Waals surface area contributed by atoms with Gasteiger partial charge in [0.2, 0.25) is 5.88 Å². The molecule has 0 fully saturated rings. The van der Waals surface area contributed by atoms with Crippen LogP contribution in [0.4, 0.5) is 14.6 Å². The zero-order chi connectivity index (χ0) is 15.2. The van der Waals surface area contributed by atoms with Crippen molar-refractivity contribution in [3.8, 4) is 11.6 Å². The molecule has 0 saturated heterocycles. The van der Waals surface area contributed by atoms with E-state index in [1.54, 1.807) is 0 Å². The molecule has 6 heteroatoms. The molecule has 2 aromatic rings. The van der Waals surface area contributed by atoms with E-state index in [-0.39, 0.29) is 5.75 Å². The maximum Gasteiger partial charge on any atom is 0.227 e. The maximum absolute atomic E-state index is 13.2. The van der Waals surface area contributed by atoms with Crippen molar-refractivity contribution in [2.75, 3.05) is 11.9 Å².